The lowest BCUT2D eigenvalue weighted by Gasteiger charge is -2.39. The average Bonchev–Trinajstić information content (AvgIpc) is 3.45. The standard InChI is InChI=1S/C38H46N6O6/c1-38(2,3)43-36(48)34-33-27(26-16-10-11-17-28(26)40-33)18-19-44(34)22-31(45)29(20-24-12-6-4-7-13-24)41-35(47)30(21-32(39)46)42-37(49)50-23-25-14-8-5-9-15-25/h4-17,29-31,34,40,45H,18-23H2,1-3H3,(H2,39,46)(H,41,47)(H,42,49)(H,43,48)/t29-,30-,31+,34?/m0/s1. The molecule has 1 aliphatic heterocycles. The molecule has 1 aliphatic rings. The SMILES string of the molecule is CC(C)(C)NC(=O)C1c2[nH]c3ccccc3c2CCN1C[C@@H](O)[C@H](Cc1ccccc1)NC(=O)[C@H](CC(N)=O)NC(=O)OCc1ccccc1. The fraction of sp³-hybridized carbons (Fsp3) is 0.368. The summed E-state index contributed by atoms with van der Waals surface area (Å²) in [6, 6.07) is 23.3. The van der Waals surface area contributed by atoms with Crippen LogP contribution in [0.2, 0.25) is 0 Å². The molecule has 0 saturated heterocycles. The summed E-state index contributed by atoms with van der Waals surface area (Å²) in [5.41, 5.74) is 9.31. The maximum absolute atomic E-state index is 13.9. The van der Waals surface area contributed by atoms with E-state index in [1.807, 2.05) is 86.3 Å². The molecule has 0 radical (unpaired) electrons. The van der Waals surface area contributed by atoms with Crippen molar-refractivity contribution in [3.05, 3.63) is 107 Å². The molecule has 0 spiro atoms. The maximum Gasteiger partial charge on any atom is 0.408 e. The van der Waals surface area contributed by atoms with E-state index in [2.05, 4.69) is 20.9 Å². The van der Waals surface area contributed by atoms with Crippen molar-refractivity contribution in [2.75, 3.05) is 13.1 Å². The zero-order valence-electron chi connectivity index (χ0n) is 28.6. The second kappa shape index (κ2) is 16.0. The third-order valence-corrected chi connectivity index (χ3v) is 8.62. The summed E-state index contributed by atoms with van der Waals surface area (Å²) in [5.74, 6) is -1.72. The Labute approximate surface area is 291 Å². The molecule has 4 aromatic rings. The fourth-order valence-electron chi connectivity index (χ4n) is 6.34. The summed E-state index contributed by atoms with van der Waals surface area (Å²) in [4.78, 5) is 57.6. The van der Waals surface area contributed by atoms with Crippen LogP contribution >= 0.6 is 0 Å². The lowest BCUT2D eigenvalue weighted by Crippen LogP contribution is -2.57. The molecule has 12 nitrogen and oxygen atoms in total. The number of nitrogens with zero attached hydrogens (tertiary/aromatic N) is 1. The number of rotatable bonds is 13. The van der Waals surface area contributed by atoms with Gasteiger partial charge in [0.2, 0.25) is 17.7 Å². The van der Waals surface area contributed by atoms with Crippen LogP contribution in [0.1, 0.15) is 55.6 Å². The number of ether oxygens (including phenoxy) is 1. The van der Waals surface area contributed by atoms with Crippen LogP contribution in [0.5, 0.6) is 0 Å². The first kappa shape index (κ1) is 36.1. The number of aromatic amines is 1. The topological polar surface area (TPSA) is 179 Å². The van der Waals surface area contributed by atoms with Gasteiger partial charge in [0.25, 0.3) is 0 Å². The number of hydrogen-bond donors (Lipinski definition) is 6. The summed E-state index contributed by atoms with van der Waals surface area (Å²) in [6.07, 6.45) is -1.65. The Hall–Kier alpha value is -5.20. The Morgan fingerprint density at radius 2 is 1.58 bits per heavy atom. The molecule has 12 heteroatoms. The van der Waals surface area contributed by atoms with Crippen molar-refractivity contribution in [2.24, 2.45) is 5.73 Å². The van der Waals surface area contributed by atoms with Crippen molar-refractivity contribution in [1.82, 2.24) is 25.8 Å². The summed E-state index contributed by atoms with van der Waals surface area (Å²) < 4.78 is 5.28. The van der Waals surface area contributed by atoms with Gasteiger partial charge in [-0.1, -0.05) is 78.9 Å². The van der Waals surface area contributed by atoms with Gasteiger partial charge in [0.1, 0.15) is 18.7 Å². The average molecular weight is 683 g/mol. The van der Waals surface area contributed by atoms with E-state index >= 15 is 0 Å². The highest BCUT2D eigenvalue weighted by molar-refractivity contribution is 5.91. The molecule has 4 amide bonds. The van der Waals surface area contributed by atoms with Gasteiger partial charge in [-0.05, 0) is 56.4 Å². The normalized spacial score (nSPS) is 16.4. The third-order valence-electron chi connectivity index (χ3n) is 8.62. The molecule has 4 atom stereocenters. The van der Waals surface area contributed by atoms with Crippen molar-refractivity contribution < 1.29 is 29.0 Å². The van der Waals surface area contributed by atoms with Crippen molar-refractivity contribution in [3.8, 4) is 0 Å². The van der Waals surface area contributed by atoms with Crippen LogP contribution in [0, 0.1) is 0 Å². The molecule has 3 aromatic carbocycles. The highest BCUT2D eigenvalue weighted by atomic mass is 16.5. The molecular weight excluding hydrogens is 636 g/mol. The molecule has 7 N–H and O–H groups in total. The molecule has 1 aromatic heterocycles. The van der Waals surface area contributed by atoms with Crippen LogP contribution in [-0.4, -0.2) is 75.6 Å². The molecule has 0 aliphatic carbocycles. The number of alkyl carbamates (subject to hydrolysis) is 1. The number of β-amino-alcohol motifs (C(OH)–C–C–N with tert-alkyl or cyclic N) is 1. The minimum absolute atomic E-state index is 0.0369. The molecule has 264 valence electrons. The molecule has 0 saturated carbocycles. The van der Waals surface area contributed by atoms with Crippen molar-refractivity contribution >= 4 is 34.7 Å². The number of primary amides is 1. The summed E-state index contributed by atoms with van der Waals surface area (Å²) in [5, 5.41) is 21.3. The van der Waals surface area contributed by atoms with Gasteiger partial charge in [0.05, 0.1) is 18.6 Å². The van der Waals surface area contributed by atoms with E-state index in [4.69, 9.17) is 10.5 Å². The smallest absolute Gasteiger partial charge is 0.408 e. The predicted molar refractivity (Wildman–Crippen MR) is 190 cm³/mol. The molecular formula is C38H46N6O6. The zero-order valence-corrected chi connectivity index (χ0v) is 28.6. The first-order valence-electron chi connectivity index (χ1n) is 16.8. The number of para-hydroxylation sites is 1. The van der Waals surface area contributed by atoms with Crippen LogP contribution in [0.3, 0.4) is 0 Å². The highest BCUT2D eigenvalue weighted by Crippen LogP contribution is 2.35. The quantitative estimate of drug-likeness (QED) is 0.125. The number of benzene rings is 3. The Morgan fingerprint density at radius 1 is 0.940 bits per heavy atom. The Balaban J connectivity index is 1.37. The number of carbonyl (C=O) groups is 4. The van der Waals surface area contributed by atoms with E-state index in [1.165, 1.54) is 0 Å². The van der Waals surface area contributed by atoms with Crippen molar-refractivity contribution in [2.45, 2.75) is 76.4 Å². The van der Waals surface area contributed by atoms with Gasteiger partial charge in [-0.15, -0.1) is 0 Å². The first-order valence-corrected chi connectivity index (χ1v) is 16.8. The number of aliphatic hydroxyl groups excluding tert-OH is 1. The van der Waals surface area contributed by atoms with Crippen LogP contribution in [-0.2, 0) is 38.6 Å². The second-order valence-electron chi connectivity index (χ2n) is 13.8. The molecule has 1 unspecified atom stereocenters. The van der Waals surface area contributed by atoms with Gasteiger partial charge in [-0.25, -0.2) is 4.79 Å². The number of nitrogens with two attached hydrogens (primary N) is 1. The minimum atomic E-state index is -1.35. The van der Waals surface area contributed by atoms with Gasteiger partial charge >= 0.3 is 6.09 Å². The molecule has 0 fully saturated rings. The minimum Gasteiger partial charge on any atom is -0.445 e. The second-order valence-corrected chi connectivity index (χ2v) is 13.8. The van der Waals surface area contributed by atoms with E-state index < -0.39 is 54.1 Å². The fourth-order valence-corrected chi connectivity index (χ4v) is 6.34. The third kappa shape index (κ3) is 9.48. The number of aliphatic hydroxyl groups is 1. The van der Waals surface area contributed by atoms with E-state index in [1.54, 1.807) is 24.3 Å². The molecule has 2 heterocycles. The monoisotopic (exact) mass is 682 g/mol. The van der Waals surface area contributed by atoms with Crippen LogP contribution < -0.4 is 21.7 Å². The number of fused-ring (bicyclic) bond motifs is 3. The summed E-state index contributed by atoms with van der Waals surface area (Å²) in [6.45, 7) is 6.24. The number of carbonyl (C=O) groups excluding carboxylic acids is 4. The van der Waals surface area contributed by atoms with Crippen molar-refractivity contribution in [3.63, 3.8) is 0 Å². The maximum atomic E-state index is 13.9. The van der Waals surface area contributed by atoms with E-state index in [-0.39, 0.29) is 25.5 Å². The van der Waals surface area contributed by atoms with E-state index in [0.717, 1.165) is 33.3 Å². The summed E-state index contributed by atoms with van der Waals surface area (Å²) in [7, 11) is 0. The lowest BCUT2D eigenvalue weighted by atomic mass is 9.94. The van der Waals surface area contributed by atoms with Crippen LogP contribution in [0.15, 0.2) is 84.9 Å². The zero-order chi connectivity index (χ0) is 35.8. The van der Waals surface area contributed by atoms with Gasteiger partial charge in [0, 0.05) is 35.2 Å². The van der Waals surface area contributed by atoms with E-state index in [9.17, 15) is 24.3 Å². The van der Waals surface area contributed by atoms with Crippen LogP contribution in [0.4, 0.5) is 4.79 Å². The van der Waals surface area contributed by atoms with E-state index in [0.29, 0.717) is 13.0 Å². The molecule has 0 bridgehead atoms. The summed E-state index contributed by atoms with van der Waals surface area (Å²) >= 11 is 0. The number of aromatic nitrogens is 1. The lowest BCUT2D eigenvalue weighted by molar-refractivity contribution is -0.130. The Morgan fingerprint density at radius 3 is 2.24 bits per heavy atom. The Kier molecular flexibility index (Phi) is 11.6. The van der Waals surface area contributed by atoms with Gasteiger partial charge < -0.3 is 36.5 Å². The number of nitrogens with one attached hydrogen (secondary N) is 4. The predicted octanol–water partition coefficient (Wildman–Crippen LogP) is 3.24. The first-order chi connectivity index (χ1) is 23.9. The largest absolute Gasteiger partial charge is 0.445 e. The van der Waals surface area contributed by atoms with Gasteiger partial charge in [0.15, 0.2) is 0 Å². The van der Waals surface area contributed by atoms with Crippen molar-refractivity contribution in [1.29, 1.82) is 0 Å². The number of hydrogen-bond acceptors (Lipinski definition) is 7. The Bertz CT molecular complexity index is 1790. The molecule has 5 rings (SSSR count). The number of H-pyrrole nitrogens is 1. The number of amides is 4. The van der Waals surface area contributed by atoms with Gasteiger partial charge in [-0.2, -0.15) is 0 Å². The van der Waals surface area contributed by atoms with Gasteiger partial charge in [-0.3, -0.25) is 19.3 Å². The van der Waals surface area contributed by atoms with Crippen LogP contribution in [0.25, 0.3) is 10.9 Å². The molecule has 50 heavy (non-hydrogen) atoms. The highest BCUT2D eigenvalue weighted by Gasteiger charge is 2.39.